The van der Waals surface area contributed by atoms with Crippen molar-refractivity contribution in [3.05, 3.63) is 10.6 Å². The Morgan fingerprint density at radius 1 is 1.19 bits per heavy atom. The van der Waals surface area contributed by atoms with Crippen LogP contribution in [0.3, 0.4) is 0 Å². The van der Waals surface area contributed by atoms with Crippen molar-refractivity contribution in [2.24, 2.45) is 35.1 Å². The van der Waals surface area contributed by atoms with Crippen molar-refractivity contribution in [2.45, 2.75) is 19.0 Å². The third kappa shape index (κ3) is 6.32. The van der Waals surface area contributed by atoms with Crippen LogP contribution in [0, 0.1) is 28.4 Å². The van der Waals surface area contributed by atoms with Crippen LogP contribution in [0.4, 0.5) is 13.2 Å². The number of aromatic nitrogens is 3. The molecule has 4 unspecified atom stereocenters. The van der Waals surface area contributed by atoms with Gasteiger partial charge in [0.15, 0.2) is 0 Å². The number of aromatic amines is 2. The molecule has 14 heteroatoms. The van der Waals surface area contributed by atoms with Crippen LogP contribution >= 0.6 is 12.2 Å². The van der Waals surface area contributed by atoms with Gasteiger partial charge in [-0.1, -0.05) is 0 Å². The number of carbonyl (C=O) groups is 3. The van der Waals surface area contributed by atoms with Crippen molar-refractivity contribution in [3.8, 4) is 0 Å². The van der Waals surface area contributed by atoms with Gasteiger partial charge in [0.05, 0.1) is 18.4 Å². The van der Waals surface area contributed by atoms with E-state index in [9.17, 15) is 27.6 Å². The molecule has 1 amide bonds. The van der Waals surface area contributed by atoms with Crippen LogP contribution in [-0.2, 0) is 20.6 Å². The summed E-state index contributed by atoms with van der Waals surface area (Å²) in [6.07, 6.45) is -3.01. The summed E-state index contributed by atoms with van der Waals surface area (Å²) in [6, 6.07) is 0. The average Bonchev–Trinajstić information content (AvgIpc) is 2.89. The van der Waals surface area contributed by atoms with Crippen LogP contribution < -0.4 is 11.5 Å². The smallest absolute Gasteiger partial charge is 0.451 e. The molecule has 10 nitrogen and oxygen atoms in total. The van der Waals surface area contributed by atoms with E-state index in [1.54, 1.807) is 5.10 Å². The number of halogens is 3. The van der Waals surface area contributed by atoms with Gasteiger partial charge in [-0.05, 0) is 36.9 Å². The zero-order chi connectivity index (χ0) is 20.9. The average molecular weight is 413 g/mol. The predicted octanol–water partition coefficient (Wildman–Crippen LogP) is 0.344. The van der Waals surface area contributed by atoms with Crippen molar-refractivity contribution in [1.82, 2.24) is 15.2 Å². The van der Waals surface area contributed by atoms with Gasteiger partial charge in [0.25, 0.3) is 0 Å². The molecule has 2 saturated carbocycles. The van der Waals surface area contributed by atoms with Gasteiger partial charge >= 0.3 is 18.1 Å². The van der Waals surface area contributed by atoms with Gasteiger partial charge in [-0.3, -0.25) is 24.6 Å². The van der Waals surface area contributed by atoms with E-state index >= 15 is 0 Å². The topological polar surface area (TPSA) is 188 Å². The molecule has 27 heavy (non-hydrogen) atoms. The molecular formula is C13H18F3N5O5S. The number of alkyl halides is 3. The summed E-state index contributed by atoms with van der Waals surface area (Å²) in [4.78, 5) is 33.6. The molecule has 8 N–H and O–H groups in total. The molecule has 2 aliphatic carbocycles. The minimum absolute atomic E-state index is 0.0556. The first-order valence-corrected chi connectivity index (χ1v) is 7.96. The second-order valence-corrected chi connectivity index (χ2v) is 6.20. The van der Waals surface area contributed by atoms with Gasteiger partial charge < -0.3 is 21.7 Å². The number of nitrogens with zero attached hydrogens (tertiary/aromatic N) is 1. The van der Waals surface area contributed by atoms with Gasteiger partial charge in [-0.15, -0.1) is 0 Å². The highest BCUT2D eigenvalue weighted by atomic mass is 32.1. The molecule has 152 valence electrons. The fraction of sp³-hybridized carbons (Fsp3) is 0.615. The highest BCUT2D eigenvalue weighted by Crippen LogP contribution is 2.60. The molecule has 1 aromatic heterocycles. The first-order chi connectivity index (χ1) is 12.4. The molecule has 0 aromatic carbocycles. The van der Waals surface area contributed by atoms with Crippen LogP contribution in [0.2, 0.25) is 0 Å². The van der Waals surface area contributed by atoms with E-state index in [1.807, 2.05) is 5.10 Å². The molecule has 0 radical (unpaired) electrons. The minimum Gasteiger partial charge on any atom is -0.481 e. The van der Waals surface area contributed by atoms with Crippen molar-refractivity contribution in [1.29, 1.82) is 0 Å². The maximum Gasteiger partial charge on any atom is 0.451 e. The number of carbonyl (C=O) groups excluding carboxylic acids is 1. The summed E-state index contributed by atoms with van der Waals surface area (Å²) in [5.41, 5.74) is 9.22. The van der Waals surface area contributed by atoms with E-state index in [0.29, 0.717) is 6.42 Å². The second kappa shape index (κ2) is 8.94. The predicted molar refractivity (Wildman–Crippen MR) is 85.5 cm³/mol. The fourth-order valence-corrected chi connectivity index (χ4v) is 3.07. The molecule has 3 rings (SSSR count). The third-order valence-corrected chi connectivity index (χ3v) is 4.27. The maximum absolute atomic E-state index is 11.6. The fourth-order valence-electron chi connectivity index (χ4n) is 2.93. The number of rotatable bonds is 3. The number of H-pyrrole nitrogens is 2. The molecule has 0 aliphatic heterocycles. The molecule has 0 bridgehead atoms. The molecule has 2 aliphatic rings. The van der Waals surface area contributed by atoms with E-state index in [2.05, 4.69) is 22.9 Å². The number of carboxylic acid groups (broad SMARTS) is 2. The van der Waals surface area contributed by atoms with Gasteiger partial charge in [-0.2, -0.15) is 18.2 Å². The SMILES string of the molecule is FC(F)(F)c1nc(=S)[nH][nH]1.NCC(N)=O.O=C(O)C1CCC2C(C(=O)O)C12. The minimum atomic E-state index is -4.45. The Balaban J connectivity index is 0.000000221. The molecule has 0 spiro atoms. The van der Waals surface area contributed by atoms with E-state index in [1.165, 1.54) is 0 Å². The number of amides is 1. The van der Waals surface area contributed by atoms with Crippen LogP contribution in [-0.4, -0.2) is 49.8 Å². The highest BCUT2D eigenvalue weighted by molar-refractivity contribution is 7.71. The highest BCUT2D eigenvalue weighted by Gasteiger charge is 2.63. The third-order valence-electron chi connectivity index (χ3n) is 4.08. The number of hydrogen-bond acceptors (Lipinski definition) is 6. The Morgan fingerprint density at radius 3 is 2.00 bits per heavy atom. The Kier molecular flexibility index (Phi) is 7.47. The lowest BCUT2D eigenvalue weighted by molar-refractivity contribution is -0.145. The van der Waals surface area contributed by atoms with Crippen LogP contribution in [0.1, 0.15) is 18.7 Å². The number of hydrogen-bond donors (Lipinski definition) is 6. The van der Waals surface area contributed by atoms with Crippen molar-refractivity contribution >= 4 is 30.1 Å². The Labute approximate surface area is 155 Å². The summed E-state index contributed by atoms with van der Waals surface area (Å²) in [7, 11) is 0. The summed E-state index contributed by atoms with van der Waals surface area (Å²) >= 11 is 4.30. The van der Waals surface area contributed by atoms with Gasteiger partial charge in [0, 0.05) is 0 Å². The lowest BCUT2D eigenvalue weighted by atomic mass is 10.0. The molecule has 2 fully saturated rings. The Bertz CT molecular complexity index is 749. The summed E-state index contributed by atoms with van der Waals surface area (Å²) in [5.74, 6) is -3.88. The molecule has 0 saturated heterocycles. The van der Waals surface area contributed by atoms with Crippen LogP contribution in [0.5, 0.6) is 0 Å². The van der Waals surface area contributed by atoms with Crippen molar-refractivity contribution < 1.29 is 37.8 Å². The normalized spacial score (nSPS) is 25.2. The lowest BCUT2D eigenvalue weighted by Crippen LogP contribution is -2.21. The lowest BCUT2D eigenvalue weighted by Gasteiger charge is -2.05. The zero-order valence-electron chi connectivity index (χ0n) is 13.7. The van der Waals surface area contributed by atoms with Gasteiger partial charge in [0.1, 0.15) is 0 Å². The van der Waals surface area contributed by atoms with E-state index < -0.39 is 35.8 Å². The standard InChI is InChI=1S/C8H10O4.C3H2F3N3S.C2H6N2O/c9-7(10)4-2-1-3-5(4)6(3)8(11)12;4-3(5,6)1-7-2(10)9-8-1;3-1-2(4)5/h3-6H,1-2H2,(H,9,10)(H,11,12);(H2,7,8,9,10);1,3H2,(H2,4,5). The van der Waals surface area contributed by atoms with Gasteiger partial charge in [0.2, 0.25) is 16.5 Å². The summed E-state index contributed by atoms with van der Waals surface area (Å²) in [6.45, 7) is -0.0556. The number of aliphatic carboxylic acids is 2. The Morgan fingerprint density at radius 2 is 1.74 bits per heavy atom. The van der Waals surface area contributed by atoms with Gasteiger partial charge in [-0.25, -0.2) is 0 Å². The Hall–Kier alpha value is -2.48. The molecule has 4 atom stereocenters. The second-order valence-electron chi connectivity index (χ2n) is 5.81. The van der Waals surface area contributed by atoms with Crippen LogP contribution in [0.25, 0.3) is 0 Å². The number of nitrogens with two attached hydrogens (primary N) is 2. The quantitative estimate of drug-likeness (QED) is 0.383. The van der Waals surface area contributed by atoms with Crippen molar-refractivity contribution in [3.63, 3.8) is 0 Å². The van der Waals surface area contributed by atoms with Crippen LogP contribution in [0.15, 0.2) is 0 Å². The number of carboxylic acids is 2. The first kappa shape index (κ1) is 22.6. The van der Waals surface area contributed by atoms with E-state index in [0.717, 1.165) is 6.42 Å². The van der Waals surface area contributed by atoms with E-state index in [4.69, 9.17) is 15.9 Å². The number of nitrogens with one attached hydrogen (secondary N) is 2. The van der Waals surface area contributed by atoms with Crippen molar-refractivity contribution in [2.75, 3.05) is 6.54 Å². The number of primary amides is 1. The maximum atomic E-state index is 11.6. The first-order valence-electron chi connectivity index (χ1n) is 7.56. The molecular weight excluding hydrogens is 395 g/mol. The zero-order valence-corrected chi connectivity index (χ0v) is 14.5. The van der Waals surface area contributed by atoms with E-state index in [-0.39, 0.29) is 29.1 Å². The monoisotopic (exact) mass is 413 g/mol. The molecule has 1 heterocycles. The summed E-state index contributed by atoms with van der Waals surface area (Å²) < 4.78 is 34.7. The molecule has 1 aromatic rings. The number of fused-ring (bicyclic) bond motifs is 1. The largest absolute Gasteiger partial charge is 0.481 e. The summed E-state index contributed by atoms with van der Waals surface area (Å²) in [5, 5.41) is 21.2.